The molecule has 0 amide bonds. The molecule has 286 valence electrons. The van der Waals surface area contributed by atoms with Gasteiger partial charge in [0, 0.05) is 12.8 Å². The summed E-state index contributed by atoms with van der Waals surface area (Å²) in [5, 5.41) is 0. The fourth-order valence-electron chi connectivity index (χ4n) is 5.56. The zero-order valence-electron chi connectivity index (χ0n) is 31.7. The van der Waals surface area contributed by atoms with Gasteiger partial charge in [-0.25, -0.2) is 0 Å². The molecule has 0 rings (SSSR count). The molecular weight excluding hydrogens is 608 g/mol. The van der Waals surface area contributed by atoms with Gasteiger partial charge < -0.3 is 28.4 Å². The van der Waals surface area contributed by atoms with E-state index in [2.05, 4.69) is 13.8 Å². The molecule has 0 aromatic rings. The zero-order valence-corrected chi connectivity index (χ0v) is 31.7. The van der Waals surface area contributed by atoms with Crippen molar-refractivity contribution >= 4 is 11.9 Å². The monoisotopic (exact) mass is 687 g/mol. The van der Waals surface area contributed by atoms with Crippen molar-refractivity contribution in [3.05, 3.63) is 0 Å². The van der Waals surface area contributed by atoms with E-state index in [1.54, 1.807) is 0 Å². The van der Waals surface area contributed by atoms with Crippen LogP contribution in [0.25, 0.3) is 0 Å². The van der Waals surface area contributed by atoms with Crippen LogP contribution in [0.4, 0.5) is 0 Å². The molecule has 0 fully saturated rings. The Morgan fingerprint density at radius 2 is 0.500 bits per heavy atom. The number of carbonyl (C=O) groups excluding carboxylic acids is 2. The van der Waals surface area contributed by atoms with Crippen LogP contribution in [0.1, 0.15) is 181 Å². The molecule has 8 heteroatoms. The summed E-state index contributed by atoms with van der Waals surface area (Å²) in [6, 6.07) is 0. The van der Waals surface area contributed by atoms with E-state index in [-0.39, 0.29) is 18.5 Å². The van der Waals surface area contributed by atoms with Crippen molar-refractivity contribution in [2.75, 3.05) is 66.1 Å². The number of esters is 2. The van der Waals surface area contributed by atoms with Gasteiger partial charge >= 0.3 is 11.9 Å². The lowest BCUT2D eigenvalue weighted by Gasteiger charge is -2.08. The maximum atomic E-state index is 11.9. The average molecular weight is 687 g/mol. The predicted molar refractivity (Wildman–Crippen MR) is 197 cm³/mol. The number of unbranched alkanes of at least 4 members (excludes halogenated alkanes) is 22. The molecule has 0 spiro atoms. The minimum absolute atomic E-state index is 0.129. The fraction of sp³-hybridized carbons (Fsp3) is 0.950. The fourth-order valence-corrected chi connectivity index (χ4v) is 5.56. The van der Waals surface area contributed by atoms with Gasteiger partial charge in [-0.1, -0.05) is 155 Å². The molecule has 8 nitrogen and oxygen atoms in total. The highest BCUT2D eigenvalue weighted by atomic mass is 16.6. The van der Waals surface area contributed by atoms with Gasteiger partial charge in [0.15, 0.2) is 0 Å². The van der Waals surface area contributed by atoms with E-state index in [1.807, 2.05) is 0 Å². The lowest BCUT2D eigenvalue weighted by atomic mass is 10.0. The Labute approximate surface area is 296 Å². The topological polar surface area (TPSA) is 89.5 Å². The summed E-state index contributed by atoms with van der Waals surface area (Å²) in [5.41, 5.74) is 0. The van der Waals surface area contributed by atoms with Crippen molar-refractivity contribution in [3.63, 3.8) is 0 Å². The van der Waals surface area contributed by atoms with E-state index < -0.39 is 0 Å². The van der Waals surface area contributed by atoms with Crippen LogP contribution in [0.15, 0.2) is 0 Å². The van der Waals surface area contributed by atoms with Crippen LogP contribution in [0.3, 0.4) is 0 Å². The zero-order chi connectivity index (χ0) is 34.9. The minimum Gasteiger partial charge on any atom is -0.463 e. The van der Waals surface area contributed by atoms with Crippen molar-refractivity contribution in [2.24, 2.45) is 0 Å². The molecule has 0 saturated heterocycles. The molecule has 0 bridgehead atoms. The number of ether oxygens (including phenoxy) is 6. The van der Waals surface area contributed by atoms with E-state index in [1.165, 1.54) is 128 Å². The molecular formula is C40H78O8. The number of carbonyl (C=O) groups is 2. The van der Waals surface area contributed by atoms with Crippen molar-refractivity contribution < 1.29 is 38.0 Å². The summed E-state index contributed by atoms with van der Waals surface area (Å²) in [6.07, 6.45) is 31.9. The Bertz CT molecular complexity index is 645. The van der Waals surface area contributed by atoms with E-state index in [9.17, 15) is 9.59 Å². The van der Waals surface area contributed by atoms with Crippen LogP contribution >= 0.6 is 0 Å². The smallest absolute Gasteiger partial charge is 0.305 e. The van der Waals surface area contributed by atoms with Gasteiger partial charge in [0.1, 0.15) is 13.2 Å². The summed E-state index contributed by atoms with van der Waals surface area (Å²) < 4.78 is 32.4. The molecule has 48 heavy (non-hydrogen) atoms. The first-order valence-corrected chi connectivity index (χ1v) is 20.3. The van der Waals surface area contributed by atoms with Gasteiger partial charge in [0.05, 0.1) is 52.9 Å². The Morgan fingerprint density at radius 1 is 0.292 bits per heavy atom. The summed E-state index contributed by atoms with van der Waals surface area (Å²) in [4.78, 5) is 23.7. The third kappa shape index (κ3) is 41.0. The van der Waals surface area contributed by atoms with Crippen molar-refractivity contribution in [2.45, 2.75) is 181 Å². The standard InChI is InChI=1S/C40H78O8/c1-3-5-7-9-11-13-14-15-16-17-18-20-22-24-26-28-40(42)48-38-36-46-34-32-44-30-29-43-31-33-45-35-37-47-39(41)27-25-23-21-19-12-10-8-6-4-2/h3-38H2,1-2H3. The van der Waals surface area contributed by atoms with Crippen LogP contribution in [-0.4, -0.2) is 78.0 Å². The first-order valence-electron chi connectivity index (χ1n) is 20.3. The van der Waals surface area contributed by atoms with Crippen molar-refractivity contribution in [1.29, 1.82) is 0 Å². The van der Waals surface area contributed by atoms with Gasteiger partial charge in [-0.05, 0) is 12.8 Å². The summed E-state index contributed by atoms with van der Waals surface area (Å²) in [6.45, 7) is 8.67. The van der Waals surface area contributed by atoms with E-state index in [0.29, 0.717) is 72.3 Å². The van der Waals surface area contributed by atoms with Gasteiger partial charge in [-0.3, -0.25) is 9.59 Å². The molecule has 0 saturated carbocycles. The first kappa shape index (κ1) is 46.8. The molecule has 0 unspecified atom stereocenters. The summed E-state index contributed by atoms with van der Waals surface area (Å²) >= 11 is 0. The van der Waals surface area contributed by atoms with E-state index >= 15 is 0 Å². The lowest BCUT2D eigenvalue weighted by molar-refractivity contribution is -0.146. The van der Waals surface area contributed by atoms with Gasteiger partial charge in [0.25, 0.3) is 0 Å². The van der Waals surface area contributed by atoms with Gasteiger partial charge in [0.2, 0.25) is 0 Å². The molecule has 0 aliphatic rings. The molecule has 0 aliphatic carbocycles. The maximum Gasteiger partial charge on any atom is 0.305 e. The SMILES string of the molecule is CCCCCCCCCCCCCCCCCC(=O)OCCOCCOCCOCCOCCOC(=O)CCCCCCCCCCC. The molecule has 0 aromatic heterocycles. The van der Waals surface area contributed by atoms with Crippen LogP contribution in [0.5, 0.6) is 0 Å². The average Bonchev–Trinajstić information content (AvgIpc) is 3.09. The van der Waals surface area contributed by atoms with Crippen molar-refractivity contribution in [1.82, 2.24) is 0 Å². The summed E-state index contributed by atoms with van der Waals surface area (Å²) in [5.74, 6) is -0.262. The normalized spacial score (nSPS) is 11.3. The molecule has 0 radical (unpaired) electrons. The number of hydrogen-bond acceptors (Lipinski definition) is 8. The lowest BCUT2D eigenvalue weighted by Crippen LogP contribution is -2.15. The molecule has 0 aromatic carbocycles. The highest BCUT2D eigenvalue weighted by molar-refractivity contribution is 5.69. The Kier molecular flexibility index (Phi) is 40.9. The Morgan fingerprint density at radius 3 is 0.750 bits per heavy atom. The maximum absolute atomic E-state index is 11.9. The van der Waals surface area contributed by atoms with Crippen LogP contribution in [-0.2, 0) is 38.0 Å². The summed E-state index contributed by atoms with van der Waals surface area (Å²) in [7, 11) is 0. The van der Waals surface area contributed by atoms with Crippen molar-refractivity contribution in [3.8, 4) is 0 Å². The predicted octanol–water partition coefficient (Wildman–Crippen LogP) is 10.3. The van der Waals surface area contributed by atoms with Crippen LogP contribution in [0, 0.1) is 0 Å². The number of hydrogen-bond donors (Lipinski definition) is 0. The van der Waals surface area contributed by atoms with E-state index in [0.717, 1.165) is 25.7 Å². The third-order valence-electron chi connectivity index (χ3n) is 8.57. The molecule has 0 atom stereocenters. The quantitative estimate of drug-likeness (QED) is 0.0464. The first-order chi connectivity index (χ1) is 23.7. The van der Waals surface area contributed by atoms with E-state index in [4.69, 9.17) is 28.4 Å². The minimum atomic E-state index is -0.134. The van der Waals surface area contributed by atoms with Gasteiger partial charge in [-0.2, -0.15) is 0 Å². The van der Waals surface area contributed by atoms with Crippen LogP contribution in [0.2, 0.25) is 0 Å². The number of rotatable bonds is 41. The molecule has 0 aliphatic heterocycles. The third-order valence-corrected chi connectivity index (χ3v) is 8.57. The second-order valence-electron chi connectivity index (χ2n) is 13.2. The molecule has 0 heterocycles. The van der Waals surface area contributed by atoms with Gasteiger partial charge in [-0.15, -0.1) is 0 Å². The largest absolute Gasteiger partial charge is 0.463 e. The highest BCUT2D eigenvalue weighted by Gasteiger charge is 2.04. The Hall–Kier alpha value is -1.22. The molecule has 0 N–H and O–H groups in total. The Balaban J connectivity index is 3.20. The second kappa shape index (κ2) is 41.9. The van der Waals surface area contributed by atoms with Crippen LogP contribution < -0.4 is 0 Å². The second-order valence-corrected chi connectivity index (χ2v) is 13.2. The highest BCUT2D eigenvalue weighted by Crippen LogP contribution is 2.14.